The van der Waals surface area contributed by atoms with E-state index in [0.29, 0.717) is 11.0 Å². The second kappa shape index (κ2) is 7.71. The van der Waals surface area contributed by atoms with Crippen LogP contribution in [-0.4, -0.2) is 26.5 Å². The van der Waals surface area contributed by atoms with Gasteiger partial charge in [0.1, 0.15) is 12.4 Å². The number of hydrogen-bond donors (Lipinski definition) is 0. The van der Waals surface area contributed by atoms with E-state index in [9.17, 15) is 13.6 Å². The molecule has 1 aliphatic heterocycles. The van der Waals surface area contributed by atoms with E-state index < -0.39 is 11.6 Å². The summed E-state index contributed by atoms with van der Waals surface area (Å²) in [5.41, 5.74) is 2.73. The van der Waals surface area contributed by atoms with Gasteiger partial charge in [0.2, 0.25) is 5.16 Å². The predicted molar refractivity (Wildman–Crippen MR) is 107 cm³/mol. The molecule has 0 bridgehead atoms. The molecule has 0 N–H and O–H groups in total. The van der Waals surface area contributed by atoms with Crippen LogP contribution in [0.4, 0.5) is 8.78 Å². The van der Waals surface area contributed by atoms with E-state index in [1.165, 1.54) is 44.7 Å². The Kier molecular flexibility index (Phi) is 4.90. The highest BCUT2D eigenvalue weighted by Gasteiger charge is 2.30. The van der Waals surface area contributed by atoms with Crippen LogP contribution in [0, 0.1) is 11.6 Å². The minimum Gasteiger partial charge on any atom is -0.486 e. The molecule has 1 aliphatic carbocycles. The predicted octanol–water partition coefficient (Wildman–Crippen LogP) is 3.39. The number of amides is 1. The van der Waals surface area contributed by atoms with Crippen LogP contribution >= 0.6 is 11.8 Å². The number of benzene rings is 2. The monoisotopic (exact) mass is 428 g/mol. The molecule has 0 radical (unpaired) electrons. The molecule has 2 aromatic carbocycles. The van der Waals surface area contributed by atoms with Gasteiger partial charge in [0.25, 0.3) is 5.91 Å². The number of halogens is 2. The number of fused-ring (bicyclic) bond motifs is 2. The lowest BCUT2D eigenvalue weighted by Crippen LogP contribution is -2.45. The molecule has 0 fully saturated rings. The Morgan fingerprint density at radius 2 is 1.97 bits per heavy atom. The number of carbonyl (C=O) groups is 1. The van der Waals surface area contributed by atoms with Crippen LogP contribution in [0.15, 0.2) is 41.6 Å². The van der Waals surface area contributed by atoms with Crippen molar-refractivity contribution >= 4 is 17.7 Å². The van der Waals surface area contributed by atoms with Crippen LogP contribution in [0.1, 0.15) is 28.9 Å². The maximum Gasteiger partial charge on any atom is 0.252 e. The third-order valence-electron chi connectivity index (χ3n) is 5.32. The van der Waals surface area contributed by atoms with Crippen molar-refractivity contribution in [1.29, 1.82) is 0 Å². The zero-order valence-corrected chi connectivity index (χ0v) is 16.8. The standard InChI is InChI=1S/C21H18F2N4O2S/c22-17-6-2-5-15(20(17)23)10-26-19(28)12-30-21-25-24-18(27(21)26)11-29-16-8-7-13-3-1-4-14(13)9-16/h2,5-9H,1,3-4,10-12H2. The number of thioether (sulfide) groups is 1. The number of aryl methyl sites for hydroxylation is 2. The van der Waals surface area contributed by atoms with Gasteiger partial charge in [-0.25, -0.2) is 18.5 Å². The molecular weight excluding hydrogens is 410 g/mol. The van der Waals surface area contributed by atoms with Gasteiger partial charge in [0.05, 0.1) is 12.3 Å². The molecule has 9 heteroatoms. The molecule has 1 amide bonds. The Bertz CT molecular complexity index is 1130. The molecule has 154 valence electrons. The van der Waals surface area contributed by atoms with Gasteiger partial charge in [-0.1, -0.05) is 30.0 Å². The molecule has 0 unspecified atom stereocenters. The summed E-state index contributed by atoms with van der Waals surface area (Å²) in [6.45, 7) is -0.0262. The van der Waals surface area contributed by atoms with Crippen molar-refractivity contribution in [2.45, 2.75) is 37.6 Å². The quantitative estimate of drug-likeness (QED) is 0.624. The fraction of sp³-hybridized carbons (Fsp3) is 0.286. The summed E-state index contributed by atoms with van der Waals surface area (Å²) in [6.07, 6.45) is 3.30. The average Bonchev–Trinajstić information content (AvgIpc) is 3.38. The van der Waals surface area contributed by atoms with Gasteiger partial charge in [-0.05, 0) is 48.6 Å². The van der Waals surface area contributed by atoms with Crippen LogP contribution in [0.5, 0.6) is 5.75 Å². The van der Waals surface area contributed by atoms with Crippen LogP contribution in [0.25, 0.3) is 0 Å². The first-order valence-electron chi connectivity index (χ1n) is 9.65. The largest absolute Gasteiger partial charge is 0.486 e. The lowest BCUT2D eigenvalue weighted by molar-refractivity contribution is -0.118. The van der Waals surface area contributed by atoms with E-state index in [1.54, 1.807) is 0 Å². The molecule has 30 heavy (non-hydrogen) atoms. The smallest absolute Gasteiger partial charge is 0.252 e. The van der Waals surface area contributed by atoms with Crippen molar-refractivity contribution in [2.75, 3.05) is 10.8 Å². The summed E-state index contributed by atoms with van der Waals surface area (Å²) in [7, 11) is 0. The van der Waals surface area contributed by atoms with Gasteiger partial charge in [-0.3, -0.25) is 4.79 Å². The summed E-state index contributed by atoms with van der Waals surface area (Å²) >= 11 is 1.25. The second-order valence-electron chi connectivity index (χ2n) is 7.24. The minimum absolute atomic E-state index is 0.0837. The highest BCUT2D eigenvalue weighted by atomic mass is 32.2. The topological polar surface area (TPSA) is 60.2 Å². The SMILES string of the molecule is O=C1CSc2nnc(COc3ccc4c(c3)CCC4)n2N1Cc1cccc(F)c1F. The molecule has 0 saturated heterocycles. The van der Waals surface area contributed by atoms with Crippen molar-refractivity contribution in [3.05, 3.63) is 70.5 Å². The van der Waals surface area contributed by atoms with Crippen LogP contribution < -0.4 is 9.75 Å². The van der Waals surface area contributed by atoms with Gasteiger partial charge in [-0.15, -0.1) is 10.2 Å². The number of carbonyl (C=O) groups excluding carboxylic acids is 1. The third kappa shape index (κ3) is 3.43. The van der Waals surface area contributed by atoms with Gasteiger partial charge in [0, 0.05) is 5.56 Å². The molecule has 5 rings (SSSR count). The van der Waals surface area contributed by atoms with Crippen LogP contribution in [-0.2, 0) is 30.8 Å². The first-order valence-corrected chi connectivity index (χ1v) is 10.6. The van der Waals surface area contributed by atoms with E-state index in [-0.39, 0.29) is 30.4 Å². The van der Waals surface area contributed by atoms with Crippen molar-refractivity contribution in [3.63, 3.8) is 0 Å². The summed E-state index contributed by atoms with van der Waals surface area (Å²) in [4.78, 5) is 12.6. The number of hydrogen-bond acceptors (Lipinski definition) is 5. The number of aromatic nitrogens is 3. The molecule has 0 spiro atoms. The average molecular weight is 428 g/mol. The highest BCUT2D eigenvalue weighted by Crippen LogP contribution is 2.28. The van der Waals surface area contributed by atoms with Crippen molar-refractivity contribution in [3.8, 4) is 5.75 Å². The molecule has 2 heterocycles. The highest BCUT2D eigenvalue weighted by molar-refractivity contribution is 7.99. The Labute approximate surface area is 175 Å². The first-order chi connectivity index (χ1) is 14.6. The summed E-state index contributed by atoms with van der Waals surface area (Å²) in [5, 5.41) is 10.1. The van der Waals surface area contributed by atoms with E-state index in [1.807, 2.05) is 12.1 Å². The van der Waals surface area contributed by atoms with E-state index >= 15 is 0 Å². The second-order valence-corrected chi connectivity index (χ2v) is 8.18. The van der Waals surface area contributed by atoms with Gasteiger partial charge in [0.15, 0.2) is 17.5 Å². The Balaban J connectivity index is 1.40. The van der Waals surface area contributed by atoms with Crippen molar-refractivity contribution in [1.82, 2.24) is 14.9 Å². The summed E-state index contributed by atoms with van der Waals surface area (Å²) < 4.78 is 35.2. The van der Waals surface area contributed by atoms with E-state index in [2.05, 4.69) is 16.3 Å². The molecule has 0 saturated carbocycles. The fourth-order valence-corrected chi connectivity index (χ4v) is 4.63. The number of ether oxygens (including phenoxy) is 1. The molecular formula is C21H18F2N4O2S. The molecule has 2 aliphatic rings. The molecule has 3 aromatic rings. The minimum atomic E-state index is -0.964. The van der Waals surface area contributed by atoms with Crippen molar-refractivity contribution in [2.24, 2.45) is 0 Å². The zero-order chi connectivity index (χ0) is 20.7. The Morgan fingerprint density at radius 3 is 2.87 bits per heavy atom. The molecule has 1 aromatic heterocycles. The van der Waals surface area contributed by atoms with Crippen LogP contribution in [0.3, 0.4) is 0 Å². The normalized spacial score (nSPS) is 15.3. The molecule has 6 nitrogen and oxygen atoms in total. The third-order valence-corrected chi connectivity index (χ3v) is 6.22. The van der Waals surface area contributed by atoms with E-state index in [0.717, 1.165) is 31.1 Å². The van der Waals surface area contributed by atoms with Gasteiger partial charge >= 0.3 is 0 Å². The summed E-state index contributed by atoms with van der Waals surface area (Å²) in [5.74, 6) is -0.853. The van der Waals surface area contributed by atoms with E-state index in [4.69, 9.17) is 4.74 Å². The maximum atomic E-state index is 14.2. The number of rotatable bonds is 5. The molecule has 0 atom stereocenters. The number of nitrogens with zero attached hydrogens (tertiary/aromatic N) is 4. The lowest BCUT2D eigenvalue weighted by Gasteiger charge is -2.29. The first kappa shape index (κ1) is 19.0. The lowest BCUT2D eigenvalue weighted by atomic mass is 10.1. The van der Waals surface area contributed by atoms with Crippen LogP contribution in [0.2, 0.25) is 0 Å². The Hall–Kier alpha value is -2.94. The fourth-order valence-electron chi connectivity index (χ4n) is 3.81. The summed E-state index contributed by atoms with van der Waals surface area (Å²) in [6, 6.07) is 9.97. The zero-order valence-electron chi connectivity index (χ0n) is 16.0. The van der Waals surface area contributed by atoms with Gasteiger partial charge in [-0.2, -0.15) is 0 Å². The van der Waals surface area contributed by atoms with Crippen molar-refractivity contribution < 1.29 is 18.3 Å². The Morgan fingerprint density at radius 1 is 1.10 bits per heavy atom. The van der Waals surface area contributed by atoms with Gasteiger partial charge < -0.3 is 4.74 Å². The maximum absolute atomic E-state index is 14.2.